The van der Waals surface area contributed by atoms with Gasteiger partial charge in [0.15, 0.2) is 0 Å². The average Bonchev–Trinajstić information content (AvgIpc) is 2.58. The van der Waals surface area contributed by atoms with Crippen LogP contribution in [0.1, 0.15) is 17.5 Å². The second-order valence-corrected chi connectivity index (χ2v) is 5.22. The quantitative estimate of drug-likeness (QED) is 0.696. The van der Waals surface area contributed by atoms with Crippen LogP contribution < -0.4 is 10.6 Å². The van der Waals surface area contributed by atoms with Gasteiger partial charge in [-0.3, -0.25) is 14.9 Å². The Hall–Kier alpha value is -2.66. The number of carbonyl (C=O) groups is 2. The highest BCUT2D eigenvalue weighted by molar-refractivity contribution is 5.84. The summed E-state index contributed by atoms with van der Waals surface area (Å²) in [5.41, 5.74) is 1.95. The third-order valence-corrected chi connectivity index (χ3v) is 3.42. The van der Waals surface area contributed by atoms with Crippen molar-refractivity contribution in [3.8, 4) is 0 Å². The molecule has 0 aliphatic heterocycles. The standard InChI is InChI=1S/C18H20N2O3/c21-17(20-13-15-9-5-2-6-10-15)11-16(18(22)23)19-12-14-7-3-1-4-8-14/h1-10,16,19H,11-13H2,(H,20,21)(H,22,23). The van der Waals surface area contributed by atoms with Crippen molar-refractivity contribution in [3.63, 3.8) is 0 Å². The number of carboxylic acid groups (broad SMARTS) is 1. The number of amides is 1. The summed E-state index contributed by atoms with van der Waals surface area (Å²) in [5, 5.41) is 14.9. The van der Waals surface area contributed by atoms with Crippen molar-refractivity contribution in [2.24, 2.45) is 0 Å². The maximum absolute atomic E-state index is 11.9. The first kappa shape index (κ1) is 16.7. The van der Waals surface area contributed by atoms with E-state index in [1.54, 1.807) is 0 Å². The molecule has 0 saturated carbocycles. The number of rotatable bonds is 8. The molecule has 3 N–H and O–H groups in total. The molecule has 0 radical (unpaired) electrons. The van der Waals surface area contributed by atoms with Gasteiger partial charge in [0.05, 0.1) is 6.42 Å². The first-order chi connectivity index (χ1) is 11.1. The van der Waals surface area contributed by atoms with E-state index < -0.39 is 12.0 Å². The van der Waals surface area contributed by atoms with E-state index in [1.807, 2.05) is 60.7 Å². The Morgan fingerprint density at radius 1 is 0.870 bits per heavy atom. The van der Waals surface area contributed by atoms with Gasteiger partial charge in [0.25, 0.3) is 0 Å². The molecule has 0 aliphatic rings. The largest absolute Gasteiger partial charge is 0.480 e. The smallest absolute Gasteiger partial charge is 0.321 e. The summed E-state index contributed by atoms with van der Waals surface area (Å²) >= 11 is 0. The highest BCUT2D eigenvalue weighted by Gasteiger charge is 2.20. The van der Waals surface area contributed by atoms with Crippen molar-refractivity contribution in [1.82, 2.24) is 10.6 Å². The third-order valence-electron chi connectivity index (χ3n) is 3.42. The summed E-state index contributed by atoms with van der Waals surface area (Å²) in [6, 6.07) is 18.1. The molecule has 0 fully saturated rings. The van der Waals surface area contributed by atoms with Crippen LogP contribution in [0, 0.1) is 0 Å². The van der Waals surface area contributed by atoms with Crippen LogP contribution in [0.3, 0.4) is 0 Å². The first-order valence-corrected chi connectivity index (χ1v) is 7.46. The third kappa shape index (κ3) is 5.92. The molecule has 1 unspecified atom stereocenters. The van der Waals surface area contributed by atoms with Gasteiger partial charge >= 0.3 is 5.97 Å². The molecule has 2 rings (SSSR count). The molecule has 0 spiro atoms. The zero-order chi connectivity index (χ0) is 16.5. The van der Waals surface area contributed by atoms with Gasteiger partial charge in [-0.25, -0.2) is 0 Å². The van der Waals surface area contributed by atoms with E-state index >= 15 is 0 Å². The Morgan fingerprint density at radius 3 is 1.91 bits per heavy atom. The zero-order valence-electron chi connectivity index (χ0n) is 12.7. The van der Waals surface area contributed by atoms with Gasteiger partial charge in [0.1, 0.15) is 6.04 Å². The van der Waals surface area contributed by atoms with Crippen molar-refractivity contribution >= 4 is 11.9 Å². The van der Waals surface area contributed by atoms with Gasteiger partial charge in [-0.15, -0.1) is 0 Å². The van der Waals surface area contributed by atoms with Gasteiger partial charge in [-0.2, -0.15) is 0 Å². The molecule has 0 bridgehead atoms. The molecule has 5 nitrogen and oxygen atoms in total. The Kier molecular flexibility index (Phi) is 6.32. The van der Waals surface area contributed by atoms with Crippen molar-refractivity contribution in [2.75, 3.05) is 0 Å². The predicted octanol–water partition coefficient (Wildman–Crippen LogP) is 1.94. The van der Waals surface area contributed by atoms with Crippen LogP contribution in [0.5, 0.6) is 0 Å². The SMILES string of the molecule is O=C(CC(NCc1ccccc1)C(=O)O)NCc1ccccc1. The van der Waals surface area contributed by atoms with Crippen LogP contribution in [0.15, 0.2) is 60.7 Å². The molecular formula is C18H20N2O3. The second kappa shape index (κ2) is 8.70. The number of aliphatic carboxylic acids is 1. The minimum atomic E-state index is -1.03. The number of carbonyl (C=O) groups excluding carboxylic acids is 1. The van der Waals surface area contributed by atoms with Crippen molar-refractivity contribution in [3.05, 3.63) is 71.8 Å². The molecule has 0 aromatic heterocycles. The van der Waals surface area contributed by atoms with Gasteiger partial charge in [-0.1, -0.05) is 60.7 Å². The lowest BCUT2D eigenvalue weighted by atomic mass is 10.1. The van der Waals surface area contributed by atoms with E-state index in [0.717, 1.165) is 11.1 Å². The highest BCUT2D eigenvalue weighted by atomic mass is 16.4. The summed E-state index contributed by atoms with van der Waals surface area (Å²) < 4.78 is 0. The number of carboxylic acids is 1. The van der Waals surface area contributed by atoms with E-state index in [-0.39, 0.29) is 12.3 Å². The summed E-state index contributed by atoms with van der Waals surface area (Å²) in [6.07, 6.45) is -0.102. The lowest BCUT2D eigenvalue weighted by molar-refractivity contribution is -0.141. The number of hydrogen-bond donors (Lipinski definition) is 3. The second-order valence-electron chi connectivity index (χ2n) is 5.22. The highest BCUT2D eigenvalue weighted by Crippen LogP contribution is 2.02. The monoisotopic (exact) mass is 312 g/mol. The fourth-order valence-corrected chi connectivity index (χ4v) is 2.14. The van der Waals surface area contributed by atoms with Crippen LogP contribution in [0.2, 0.25) is 0 Å². The molecular weight excluding hydrogens is 292 g/mol. The summed E-state index contributed by atoms with van der Waals surface area (Å²) in [4.78, 5) is 23.2. The molecule has 5 heteroatoms. The number of nitrogens with one attached hydrogen (secondary N) is 2. The van der Waals surface area contributed by atoms with Crippen LogP contribution >= 0.6 is 0 Å². The van der Waals surface area contributed by atoms with Gasteiger partial charge in [0, 0.05) is 13.1 Å². The molecule has 0 heterocycles. The van der Waals surface area contributed by atoms with E-state index in [1.165, 1.54) is 0 Å². The fraction of sp³-hybridized carbons (Fsp3) is 0.222. The van der Waals surface area contributed by atoms with E-state index in [4.69, 9.17) is 0 Å². The summed E-state index contributed by atoms with van der Waals surface area (Å²) in [6.45, 7) is 0.800. The molecule has 0 aliphatic carbocycles. The van der Waals surface area contributed by atoms with Gasteiger partial charge < -0.3 is 10.4 Å². The van der Waals surface area contributed by atoms with Crippen LogP contribution in [0.4, 0.5) is 0 Å². The Bertz CT molecular complexity index is 629. The normalized spacial score (nSPS) is 11.7. The van der Waals surface area contributed by atoms with E-state index in [0.29, 0.717) is 13.1 Å². The Labute approximate surface area is 135 Å². The summed E-state index contributed by atoms with van der Waals surface area (Å²) in [5.74, 6) is -1.32. The van der Waals surface area contributed by atoms with Crippen LogP contribution in [-0.2, 0) is 22.7 Å². The van der Waals surface area contributed by atoms with Crippen molar-refractivity contribution < 1.29 is 14.7 Å². The van der Waals surface area contributed by atoms with Gasteiger partial charge in [-0.05, 0) is 11.1 Å². The van der Waals surface area contributed by atoms with E-state index in [2.05, 4.69) is 10.6 Å². The first-order valence-electron chi connectivity index (χ1n) is 7.46. The average molecular weight is 312 g/mol. The maximum Gasteiger partial charge on any atom is 0.321 e. The van der Waals surface area contributed by atoms with Crippen molar-refractivity contribution in [1.29, 1.82) is 0 Å². The predicted molar refractivity (Wildman–Crippen MR) is 87.6 cm³/mol. The molecule has 1 amide bonds. The van der Waals surface area contributed by atoms with Crippen LogP contribution in [-0.4, -0.2) is 23.0 Å². The Morgan fingerprint density at radius 2 is 1.39 bits per heavy atom. The van der Waals surface area contributed by atoms with E-state index in [9.17, 15) is 14.7 Å². The Balaban J connectivity index is 1.81. The van der Waals surface area contributed by atoms with Crippen molar-refractivity contribution in [2.45, 2.75) is 25.6 Å². The number of benzene rings is 2. The lowest BCUT2D eigenvalue weighted by Gasteiger charge is -2.14. The minimum Gasteiger partial charge on any atom is -0.480 e. The fourth-order valence-electron chi connectivity index (χ4n) is 2.14. The topological polar surface area (TPSA) is 78.4 Å². The molecule has 120 valence electrons. The zero-order valence-corrected chi connectivity index (χ0v) is 12.7. The number of hydrogen-bond acceptors (Lipinski definition) is 3. The lowest BCUT2D eigenvalue weighted by Crippen LogP contribution is -2.40. The van der Waals surface area contributed by atoms with Gasteiger partial charge in [0.2, 0.25) is 5.91 Å². The summed E-state index contributed by atoms with van der Waals surface area (Å²) in [7, 11) is 0. The molecule has 2 aromatic carbocycles. The molecule has 0 saturated heterocycles. The minimum absolute atomic E-state index is 0.102. The molecule has 1 atom stereocenters. The molecule has 2 aromatic rings. The molecule has 23 heavy (non-hydrogen) atoms. The maximum atomic E-state index is 11.9. The van der Waals surface area contributed by atoms with Crippen LogP contribution in [0.25, 0.3) is 0 Å².